The number of anilines is 1. The number of aromatic carboxylic acids is 1. The van der Waals surface area contributed by atoms with Gasteiger partial charge in [0, 0.05) is 6.54 Å². The van der Waals surface area contributed by atoms with E-state index in [1.54, 1.807) is 12.1 Å². The number of rotatable bonds is 4. The predicted molar refractivity (Wildman–Crippen MR) is 89.2 cm³/mol. The Hall–Kier alpha value is -2.54. The zero-order valence-corrected chi connectivity index (χ0v) is 13.9. The Morgan fingerprint density at radius 1 is 1.21 bits per heavy atom. The molecule has 7 heteroatoms. The molecule has 1 N–H and O–H groups in total. The van der Waals surface area contributed by atoms with Gasteiger partial charge in [0.1, 0.15) is 11.3 Å². The molecule has 0 saturated carbocycles. The summed E-state index contributed by atoms with van der Waals surface area (Å²) >= 11 is 0. The number of carboxylic acid groups (broad SMARTS) is 1. The second kappa shape index (κ2) is 6.16. The normalized spacial score (nSPS) is 14.1. The summed E-state index contributed by atoms with van der Waals surface area (Å²) in [5.41, 5.74) is 1.44. The molecule has 2 aromatic rings. The van der Waals surface area contributed by atoms with Crippen LogP contribution in [0.4, 0.5) is 5.69 Å². The van der Waals surface area contributed by atoms with E-state index in [1.165, 1.54) is 23.5 Å². The molecule has 1 heterocycles. The van der Waals surface area contributed by atoms with E-state index in [4.69, 9.17) is 4.74 Å². The molecule has 6 nitrogen and oxygen atoms in total. The molecule has 24 heavy (non-hydrogen) atoms. The number of carboxylic acids is 1. The summed E-state index contributed by atoms with van der Waals surface area (Å²) in [5.74, 6) is -1.11. The topological polar surface area (TPSA) is 83.9 Å². The first-order chi connectivity index (χ1) is 11.4. The third kappa shape index (κ3) is 2.71. The largest absolute Gasteiger partial charge is 0.496 e. The van der Waals surface area contributed by atoms with Crippen LogP contribution in [0.1, 0.15) is 22.3 Å². The third-order valence-corrected chi connectivity index (χ3v) is 5.87. The standard InChI is InChI=1S/C17H17NO5S/c1-23-16-9-8-13(11-14(16)17(19)20)24(21,22)18-10-4-6-12-5-2-3-7-15(12)18/h2-3,5,7-9,11H,4,6,10H2,1H3,(H,19,20). The van der Waals surface area contributed by atoms with Gasteiger partial charge in [-0.2, -0.15) is 0 Å². The Kier molecular flexibility index (Phi) is 4.19. The number of fused-ring (bicyclic) bond motifs is 1. The molecular weight excluding hydrogens is 330 g/mol. The Morgan fingerprint density at radius 2 is 1.96 bits per heavy atom. The highest BCUT2D eigenvalue weighted by Crippen LogP contribution is 2.33. The summed E-state index contributed by atoms with van der Waals surface area (Å²) in [5, 5.41) is 9.27. The zero-order valence-electron chi connectivity index (χ0n) is 13.1. The van der Waals surface area contributed by atoms with Crippen molar-refractivity contribution in [3.63, 3.8) is 0 Å². The zero-order chi connectivity index (χ0) is 17.3. The monoisotopic (exact) mass is 347 g/mol. The number of para-hydroxylation sites is 1. The van der Waals surface area contributed by atoms with Crippen molar-refractivity contribution in [2.45, 2.75) is 17.7 Å². The van der Waals surface area contributed by atoms with E-state index in [1.807, 2.05) is 12.1 Å². The lowest BCUT2D eigenvalue weighted by Crippen LogP contribution is -2.35. The second-order valence-electron chi connectivity index (χ2n) is 5.48. The molecule has 0 aromatic heterocycles. The molecular formula is C17H17NO5S. The van der Waals surface area contributed by atoms with Crippen molar-refractivity contribution in [2.75, 3.05) is 18.0 Å². The van der Waals surface area contributed by atoms with Gasteiger partial charge in [-0.05, 0) is 42.7 Å². The molecule has 2 aromatic carbocycles. The maximum Gasteiger partial charge on any atom is 0.339 e. The van der Waals surface area contributed by atoms with Crippen molar-refractivity contribution in [1.82, 2.24) is 0 Å². The molecule has 126 valence electrons. The van der Waals surface area contributed by atoms with Crippen LogP contribution in [0, 0.1) is 0 Å². The highest BCUT2D eigenvalue weighted by molar-refractivity contribution is 7.92. The number of ether oxygens (including phenoxy) is 1. The summed E-state index contributed by atoms with van der Waals surface area (Å²) in [6.45, 7) is 0.369. The maximum atomic E-state index is 13.0. The molecule has 0 unspecified atom stereocenters. The van der Waals surface area contributed by atoms with Crippen molar-refractivity contribution in [3.8, 4) is 5.75 Å². The number of carbonyl (C=O) groups is 1. The Morgan fingerprint density at radius 3 is 2.67 bits per heavy atom. The lowest BCUT2D eigenvalue weighted by atomic mass is 10.0. The number of hydrogen-bond donors (Lipinski definition) is 1. The van der Waals surface area contributed by atoms with E-state index in [2.05, 4.69) is 0 Å². The fourth-order valence-corrected chi connectivity index (χ4v) is 4.46. The first-order valence-electron chi connectivity index (χ1n) is 7.47. The van der Waals surface area contributed by atoms with Crippen molar-refractivity contribution < 1.29 is 23.1 Å². The summed E-state index contributed by atoms with van der Waals surface area (Å²) in [6.07, 6.45) is 1.55. The highest BCUT2D eigenvalue weighted by Gasteiger charge is 2.30. The molecule has 0 spiro atoms. The number of benzene rings is 2. The first-order valence-corrected chi connectivity index (χ1v) is 8.91. The number of nitrogens with zero attached hydrogens (tertiary/aromatic N) is 1. The third-order valence-electron chi connectivity index (χ3n) is 4.06. The molecule has 0 aliphatic carbocycles. The van der Waals surface area contributed by atoms with Gasteiger partial charge in [0.05, 0.1) is 17.7 Å². The predicted octanol–water partition coefficient (Wildman–Crippen LogP) is 2.53. The molecule has 0 bridgehead atoms. The summed E-state index contributed by atoms with van der Waals surface area (Å²) < 4.78 is 32.4. The number of sulfonamides is 1. The Labute approximate surface area is 140 Å². The van der Waals surface area contributed by atoms with Crippen LogP contribution in [0.2, 0.25) is 0 Å². The van der Waals surface area contributed by atoms with E-state index in [9.17, 15) is 18.3 Å². The van der Waals surface area contributed by atoms with Crippen molar-refractivity contribution in [1.29, 1.82) is 0 Å². The fourth-order valence-electron chi connectivity index (χ4n) is 2.89. The lowest BCUT2D eigenvalue weighted by molar-refractivity contribution is 0.0693. The summed E-state index contributed by atoms with van der Waals surface area (Å²) in [4.78, 5) is 11.3. The summed E-state index contributed by atoms with van der Waals surface area (Å²) in [6, 6.07) is 11.2. The van der Waals surface area contributed by atoms with Crippen LogP contribution >= 0.6 is 0 Å². The number of methoxy groups -OCH3 is 1. The Bertz CT molecular complexity index is 892. The maximum absolute atomic E-state index is 13.0. The van der Waals surface area contributed by atoms with Gasteiger partial charge in [0.2, 0.25) is 0 Å². The van der Waals surface area contributed by atoms with Crippen LogP contribution in [-0.2, 0) is 16.4 Å². The molecule has 0 saturated heterocycles. The van der Waals surface area contributed by atoms with Crippen LogP contribution in [0.5, 0.6) is 5.75 Å². The van der Waals surface area contributed by atoms with Gasteiger partial charge >= 0.3 is 5.97 Å². The average Bonchev–Trinajstić information content (AvgIpc) is 2.60. The molecule has 0 fully saturated rings. The van der Waals surface area contributed by atoms with Gasteiger partial charge in [-0.3, -0.25) is 4.31 Å². The Balaban J connectivity index is 2.10. The van der Waals surface area contributed by atoms with Gasteiger partial charge in [-0.25, -0.2) is 13.2 Å². The van der Waals surface area contributed by atoms with E-state index >= 15 is 0 Å². The minimum absolute atomic E-state index is 0.0580. The SMILES string of the molecule is COc1ccc(S(=O)(=O)N2CCCc3ccccc32)cc1C(=O)O. The molecule has 3 rings (SSSR count). The van der Waals surface area contributed by atoms with E-state index in [0.717, 1.165) is 24.5 Å². The first kappa shape index (κ1) is 16.3. The van der Waals surface area contributed by atoms with Gasteiger partial charge in [-0.1, -0.05) is 18.2 Å². The van der Waals surface area contributed by atoms with Crippen molar-refractivity contribution in [3.05, 3.63) is 53.6 Å². The van der Waals surface area contributed by atoms with Gasteiger partial charge in [0.25, 0.3) is 10.0 Å². The van der Waals surface area contributed by atoms with Crippen LogP contribution in [0.3, 0.4) is 0 Å². The van der Waals surface area contributed by atoms with Crippen molar-refractivity contribution in [2.24, 2.45) is 0 Å². The number of hydrogen-bond acceptors (Lipinski definition) is 4. The average molecular weight is 347 g/mol. The van der Waals surface area contributed by atoms with Crippen molar-refractivity contribution >= 4 is 21.7 Å². The van der Waals surface area contributed by atoms with Crippen LogP contribution < -0.4 is 9.04 Å². The minimum atomic E-state index is -3.84. The quantitative estimate of drug-likeness (QED) is 0.919. The molecule has 0 amide bonds. The smallest absolute Gasteiger partial charge is 0.339 e. The molecule has 0 radical (unpaired) electrons. The van der Waals surface area contributed by atoms with Gasteiger partial charge in [0.15, 0.2) is 0 Å². The molecule has 1 aliphatic rings. The van der Waals surface area contributed by atoms with Crippen LogP contribution in [0.15, 0.2) is 47.4 Å². The summed E-state index contributed by atoms with van der Waals surface area (Å²) in [7, 11) is -2.50. The number of aryl methyl sites for hydroxylation is 1. The minimum Gasteiger partial charge on any atom is -0.496 e. The van der Waals surface area contributed by atoms with Gasteiger partial charge < -0.3 is 9.84 Å². The van der Waals surface area contributed by atoms with E-state index in [0.29, 0.717) is 12.2 Å². The lowest BCUT2D eigenvalue weighted by Gasteiger charge is -2.30. The van der Waals surface area contributed by atoms with E-state index in [-0.39, 0.29) is 16.2 Å². The second-order valence-corrected chi connectivity index (χ2v) is 7.34. The fraction of sp³-hybridized carbons (Fsp3) is 0.235. The van der Waals surface area contributed by atoms with Gasteiger partial charge in [-0.15, -0.1) is 0 Å². The van der Waals surface area contributed by atoms with Crippen LogP contribution in [0.25, 0.3) is 0 Å². The van der Waals surface area contributed by atoms with E-state index < -0.39 is 16.0 Å². The molecule has 1 aliphatic heterocycles. The molecule has 0 atom stereocenters. The highest BCUT2D eigenvalue weighted by atomic mass is 32.2. The van der Waals surface area contributed by atoms with Crippen LogP contribution in [-0.4, -0.2) is 33.1 Å².